The van der Waals surface area contributed by atoms with E-state index in [4.69, 9.17) is 21.1 Å². The number of urea groups is 1. The molecule has 2 amide bonds. The molecule has 1 aliphatic heterocycles. The van der Waals surface area contributed by atoms with Gasteiger partial charge < -0.3 is 24.6 Å². The first kappa shape index (κ1) is 20.7. The van der Waals surface area contributed by atoms with Crippen LogP contribution in [-0.2, 0) is 0 Å². The van der Waals surface area contributed by atoms with Gasteiger partial charge >= 0.3 is 6.03 Å². The molecule has 2 aromatic heterocycles. The zero-order valence-corrected chi connectivity index (χ0v) is 17.9. The number of ether oxygens (including phenoxy) is 2. The standard InChI is InChI=1S/C20H22ClN7O3/c1-30-16-10-17(31-2)15(9-14(16)21)25-20(29)27-7-5-26(6-8-27)18-11-19(24-12-23-18)28-4-3-22-13-28/h3-4,9-13H,5-8H2,1-2H3,(H,25,29). The van der Waals surface area contributed by atoms with Gasteiger partial charge in [-0.2, -0.15) is 0 Å². The smallest absolute Gasteiger partial charge is 0.322 e. The number of nitrogens with zero attached hydrogens (tertiary/aromatic N) is 6. The Morgan fingerprint density at radius 1 is 1.03 bits per heavy atom. The summed E-state index contributed by atoms with van der Waals surface area (Å²) in [5, 5.41) is 3.26. The maximum absolute atomic E-state index is 12.8. The van der Waals surface area contributed by atoms with Crippen LogP contribution in [0.5, 0.6) is 11.5 Å². The molecule has 4 rings (SSSR count). The van der Waals surface area contributed by atoms with Crippen molar-refractivity contribution in [3.63, 3.8) is 0 Å². The van der Waals surface area contributed by atoms with Crippen molar-refractivity contribution in [2.24, 2.45) is 0 Å². The zero-order valence-electron chi connectivity index (χ0n) is 17.2. The Morgan fingerprint density at radius 2 is 1.77 bits per heavy atom. The summed E-state index contributed by atoms with van der Waals surface area (Å²) in [6, 6.07) is 4.94. The van der Waals surface area contributed by atoms with Crippen molar-refractivity contribution in [2.75, 3.05) is 50.6 Å². The van der Waals surface area contributed by atoms with Crippen molar-refractivity contribution in [1.82, 2.24) is 24.4 Å². The van der Waals surface area contributed by atoms with Gasteiger partial charge in [0.1, 0.15) is 35.8 Å². The van der Waals surface area contributed by atoms with E-state index in [9.17, 15) is 4.79 Å². The second-order valence-corrected chi connectivity index (χ2v) is 7.20. The number of hydrogen-bond acceptors (Lipinski definition) is 7. The van der Waals surface area contributed by atoms with Gasteiger partial charge in [-0.3, -0.25) is 4.57 Å². The number of imidazole rings is 1. The fraction of sp³-hybridized carbons (Fsp3) is 0.300. The van der Waals surface area contributed by atoms with E-state index in [1.165, 1.54) is 20.5 Å². The Labute approximate surface area is 184 Å². The van der Waals surface area contributed by atoms with Crippen LogP contribution >= 0.6 is 11.6 Å². The van der Waals surface area contributed by atoms with E-state index in [1.54, 1.807) is 29.6 Å². The van der Waals surface area contributed by atoms with Crippen LogP contribution in [0.4, 0.5) is 16.3 Å². The lowest BCUT2D eigenvalue weighted by molar-refractivity contribution is 0.208. The Hall–Kier alpha value is -3.53. The number of carbonyl (C=O) groups excluding carboxylic acids is 1. The molecule has 31 heavy (non-hydrogen) atoms. The van der Waals surface area contributed by atoms with E-state index < -0.39 is 0 Å². The van der Waals surface area contributed by atoms with Crippen molar-refractivity contribution < 1.29 is 14.3 Å². The minimum absolute atomic E-state index is 0.221. The van der Waals surface area contributed by atoms with Crippen LogP contribution in [0.1, 0.15) is 0 Å². The van der Waals surface area contributed by atoms with Gasteiger partial charge in [0.15, 0.2) is 0 Å². The quantitative estimate of drug-likeness (QED) is 0.647. The van der Waals surface area contributed by atoms with Crippen molar-refractivity contribution in [1.29, 1.82) is 0 Å². The average Bonchev–Trinajstić information content (AvgIpc) is 3.34. The first-order chi connectivity index (χ1) is 15.1. The normalized spacial score (nSPS) is 13.8. The minimum atomic E-state index is -0.221. The van der Waals surface area contributed by atoms with Gasteiger partial charge in [0.2, 0.25) is 0 Å². The molecule has 3 heterocycles. The van der Waals surface area contributed by atoms with Gasteiger partial charge in [0.05, 0.1) is 24.9 Å². The highest BCUT2D eigenvalue weighted by atomic mass is 35.5. The summed E-state index contributed by atoms with van der Waals surface area (Å²) in [5.74, 6) is 2.50. The lowest BCUT2D eigenvalue weighted by Crippen LogP contribution is -2.50. The molecule has 3 aromatic rings. The Kier molecular flexibility index (Phi) is 6.08. The predicted molar refractivity (Wildman–Crippen MR) is 117 cm³/mol. The number of aromatic nitrogens is 4. The van der Waals surface area contributed by atoms with Crippen LogP contribution in [0, 0.1) is 0 Å². The average molecular weight is 444 g/mol. The zero-order chi connectivity index (χ0) is 21.8. The molecule has 1 fully saturated rings. The molecule has 1 aliphatic rings. The first-order valence-corrected chi connectivity index (χ1v) is 9.99. The molecular weight excluding hydrogens is 422 g/mol. The molecular formula is C20H22ClN7O3. The van der Waals surface area contributed by atoms with E-state index in [0.29, 0.717) is 48.4 Å². The molecule has 1 N–H and O–H groups in total. The van der Waals surface area contributed by atoms with E-state index in [0.717, 1.165) is 11.6 Å². The maximum atomic E-state index is 12.8. The van der Waals surface area contributed by atoms with Gasteiger partial charge in [-0.25, -0.2) is 19.7 Å². The van der Waals surface area contributed by atoms with E-state index in [2.05, 4.69) is 25.2 Å². The van der Waals surface area contributed by atoms with Gasteiger partial charge in [0, 0.05) is 50.7 Å². The van der Waals surface area contributed by atoms with Crippen molar-refractivity contribution in [3.8, 4) is 17.3 Å². The Bertz CT molecular complexity index is 1050. The first-order valence-electron chi connectivity index (χ1n) is 9.62. The largest absolute Gasteiger partial charge is 0.495 e. The van der Waals surface area contributed by atoms with Crippen LogP contribution in [0.15, 0.2) is 43.2 Å². The van der Waals surface area contributed by atoms with Gasteiger partial charge in [-0.15, -0.1) is 0 Å². The van der Waals surface area contributed by atoms with Gasteiger partial charge in [-0.1, -0.05) is 11.6 Å². The number of nitrogens with one attached hydrogen (secondary N) is 1. The summed E-state index contributed by atoms with van der Waals surface area (Å²) in [7, 11) is 3.05. The number of carbonyl (C=O) groups is 1. The number of hydrogen-bond donors (Lipinski definition) is 1. The topological polar surface area (TPSA) is 97.6 Å². The monoisotopic (exact) mass is 443 g/mol. The molecule has 0 spiro atoms. The summed E-state index contributed by atoms with van der Waals surface area (Å²) in [5.41, 5.74) is 0.488. The number of anilines is 2. The summed E-state index contributed by atoms with van der Waals surface area (Å²) in [4.78, 5) is 29.4. The molecule has 0 saturated carbocycles. The Balaban J connectivity index is 1.40. The summed E-state index contributed by atoms with van der Waals surface area (Å²) in [6.45, 7) is 2.38. The van der Waals surface area contributed by atoms with Gasteiger partial charge in [-0.05, 0) is 6.07 Å². The van der Waals surface area contributed by atoms with Crippen molar-refractivity contribution in [3.05, 3.63) is 48.3 Å². The second kappa shape index (κ2) is 9.09. The molecule has 1 aromatic carbocycles. The third-order valence-corrected chi connectivity index (χ3v) is 5.31. The number of rotatable bonds is 5. The predicted octanol–water partition coefficient (Wildman–Crippen LogP) is 2.69. The molecule has 0 aliphatic carbocycles. The second-order valence-electron chi connectivity index (χ2n) is 6.80. The molecule has 0 unspecified atom stereocenters. The minimum Gasteiger partial charge on any atom is -0.495 e. The fourth-order valence-electron chi connectivity index (χ4n) is 3.34. The number of piperazine rings is 1. The van der Waals surface area contributed by atoms with E-state index in [1.807, 2.05) is 16.8 Å². The number of amides is 2. The molecule has 10 nitrogen and oxygen atoms in total. The van der Waals surface area contributed by atoms with Crippen LogP contribution < -0.4 is 19.7 Å². The van der Waals surface area contributed by atoms with Crippen LogP contribution in [0.3, 0.4) is 0 Å². The molecule has 0 bridgehead atoms. The maximum Gasteiger partial charge on any atom is 0.322 e. The van der Waals surface area contributed by atoms with Crippen LogP contribution in [0.2, 0.25) is 5.02 Å². The number of halogens is 1. The van der Waals surface area contributed by atoms with Gasteiger partial charge in [0.25, 0.3) is 0 Å². The Morgan fingerprint density at radius 3 is 2.45 bits per heavy atom. The van der Waals surface area contributed by atoms with Crippen molar-refractivity contribution in [2.45, 2.75) is 0 Å². The highest BCUT2D eigenvalue weighted by Crippen LogP contribution is 2.36. The summed E-state index contributed by atoms with van der Waals surface area (Å²) < 4.78 is 12.4. The number of methoxy groups -OCH3 is 2. The molecule has 11 heteroatoms. The fourth-order valence-corrected chi connectivity index (χ4v) is 3.58. The highest BCUT2D eigenvalue weighted by molar-refractivity contribution is 6.32. The highest BCUT2D eigenvalue weighted by Gasteiger charge is 2.23. The number of benzene rings is 1. The van der Waals surface area contributed by atoms with Crippen LogP contribution in [0.25, 0.3) is 5.82 Å². The molecule has 1 saturated heterocycles. The van der Waals surface area contributed by atoms with E-state index in [-0.39, 0.29) is 6.03 Å². The van der Waals surface area contributed by atoms with E-state index >= 15 is 0 Å². The summed E-state index contributed by atoms with van der Waals surface area (Å²) >= 11 is 6.19. The summed E-state index contributed by atoms with van der Waals surface area (Å²) in [6.07, 6.45) is 6.75. The third-order valence-electron chi connectivity index (χ3n) is 5.01. The lowest BCUT2D eigenvalue weighted by atomic mass is 10.2. The van der Waals surface area contributed by atoms with Crippen molar-refractivity contribution >= 4 is 29.1 Å². The lowest BCUT2D eigenvalue weighted by Gasteiger charge is -2.35. The molecule has 162 valence electrons. The molecule has 0 atom stereocenters. The SMILES string of the molecule is COc1cc(OC)c(NC(=O)N2CCN(c3cc(-n4ccnc4)ncn3)CC2)cc1Cl. The third kappa shape index (κ3) is 4.48. The van der Waals surface area contributed by atoms with Crippen LogP contribution in [-0.4, -0.2) is 70.8 Å². The molecule has 0 radical (unpaired) electrons.